The summed E-state index contributed by atoms with van der Waals surface area (Å²) < 4.78 is 29.8. The molecule has 1 aromatic rings. The average molecular weight is 531 g/mol. The van der Waals surface area contributed by atoms with E-state index in [9.17, 15) is 29.7 Å². The fourth-order valence-electron chi connectivity index (χ4n) is 9.13. The van der Waals surface area contributed by atoms with Crippen molar-refractivity contribution in [2.45, 2.75) is 82.6 Å². The number of esters is 3. The lowest BCUT2D eigenvalue weighted by Crippen LogP contribution is -2.67. The lowest BCUT2D eigenvalue weighted by Gasteiger charge is -2.47. The Balaban J connectivity index is 1.54. The zero-order chi connectivity index (χ0) is 27.4. The average Bonchev–Trinajstić information content (AvgIpc) is 3.54. The number of carbonyl (C=O) groups excluding carboxylic acids is 3. The normalized spacial score (nSPS) is 51.7. The molecule has 3 unspecified atom stereocenters. The maximum Gasteiger partial charge on any atom is 0.343 e. The van der Waals surface area contributed by atoms with Gasteiger partial charge in [0.2, 0.25) is 11.9 Å². The maximum atomic E-state index is 13.9. The van der Waals surface area contributed by atoms with Crippen LogP contribution in [0.25, 0.3) is 0 Å². The highest BCUT2D eigenvalue weighted by Crippen LogP contribution is 2.84. The maximum absolute atomic E-state index is 13.9. The van der Waals surface area contributed by atoms with Gasteiger partial charge in [-0.2, -0.15) is 0 Å². The van der Waals surface area contributed by atoms with Gasteiger partial charge in [-0.1, -0.05) is 38.5 Å². The van der Waals surface area contributed by atoms with Crippen molar-refractivity contribution in [3.8, 4) is 5.75 Å². The van der Waals surface area contributed by atoms with Crippen molar-refractivity contribution in [1.82, 2.24) is 0 Å². The largest absolute Gasteiger partial charge is 0.486 e. The fraction of sp³-hybridized carbons (Fsp3) is 0.667. The van der Waals surface area contributed by atoms with Crippen LogP contribution in [0.2, 0.25) is 0 Å². The first-order chi connectivity index (χ1) is 17.7. The van der Waals surface area contributed by atoms with Gasteiger partial charge in [0.05, 0.1) is 16.7 Å². The number of aliphatic hydroxyl groups excluding tert-OH is 2. The van der Waals surface area contributed by atoms with Crippen LogP contribution in [-0.4, -0.2) is 81.2 Å². The molecule has 204 valence electrons. The summed E-state index contributed by atoms with van der Waals surface area (Å²) in [4.78, 5) is 39.6. The molecule has 7 rings (SSSR count). The standard InChI is InChI=1S/C27H30O11/c1-10-6-8-12(9-7-10)34-13-14(23(3,4)5)24-16(29)20(31)37-22(24)38-27-21(32)36-17(13)25(24,27)15(28)18-26(27,33)11(2)19(30)35-18/h6-9,11,13-18,22,28-29,33H,1-5H3/t11-,13-,14+,15+,16+,17-,18?,22+,24?,25?,26-,27+/m1/s1. The van der Waals surface area contributed by atoms with E-state index in [1.54, 1.807) is 12.1 Å². The van der Waals surface area contributed by atoms with E-state index in [0.717, 1.165) is 5.56 Å². The van der Waals surface area contributed by atoms with Gasteiger partial charge in [-0.05, 0) is 31.4 Å². The molecule has 11 heteroatoms. The first-order valence-corrected chi connectivity index (χ1v) is 12.8. The monoisotopic (exact) mass is 530 g/mol. The highest BCUT2D eigenvalue weighted by Gasteiger charge is 3.05. The topological polar surface area (TPSA) is 158 Å². The third-order valence-corrected chi connectivity index (χ3v) is 10.2. The number of aliphatic hydroxyl groups is 3. The smallest absolute Gasteiger partial charge is 0.343 e. The molecule has 3 N–H and O–H groups in total. The van der Waals surface area contributed by atoms with Crippen molar-refractivity contribution in [2.75, 3.05) is 0 Å². The Morgan fingerprint density at radius 1 is 0.947 bits per heavy atom. The first-order valence-electron chi connectivity index (χ1n) is 12.8. The molecule has 1 aromatic carbocycles. The molecule has 6 aliphatic rings. The molecule has 4 heterocycles. The molecular weight excluding hydrogens is 500 g/mol. The Hall–Kier alpha value is -2.73. The fourth-order valence-corrected chi connectivity index (χ4v) is 9.13. The number of carbonyl (C=O) groups is 3. The number of ether oxygens (including phenoxy) is 5. The summed E-state index contributed by atoms with van der Waals surface area (Å²) in [5.41, 5.74) is -8.22. The van der Waals surface area contributed by atoms with Crippen molar-refractivity contribution in [3.63, 3.8) is 0 Å². The zero-order valence-corrected chi connectivity index (χ0v) is 21.5. The summed E-state index contributed by atoms with van der Waals surface area (Å²) in [7, 11) is 0. The van der Waals surface area contributed by atoms with Crippen LogP contribution in [0.5, 0.6) is 5.75 Å². The van der Waals surface area contributed by atoms with E-state index in [4.69, 9.17) is 23.7 Å². The van der Waals surface area contributed by atoms with E-state index in [-0.39, 0.29) is 0 Å². The molecule has 12 atom stereocenters. The van der Waals surface area contributed by atoms with Gasteiger partial charge in [-0.15, -0.1) is 0 Å². The molecule has 2 aliphatic carbocycles. The molecule has 0 amide bonds. The van der Waals surface area contributed by atoms with Gasteiger partial charge in [0.25, 0.3) is 0 Å². The predicted molar refractivity (Wildman–Crippen MR) is 123 cm³/mol. The lowest BCUT2D eigenvalue weighted by atomic mass is 9.51. The molecule has 4 saturated heterocycles. The number of hydrogen-bond acceptors (Lipinski definition) is 11. The van der Waals surface area contributed by atoms with Gasteiger partial charge >= 0.3 is 17.9 Å². The van der Waals surface area contributed by atoms with Crippen LogP contribution in [0.3, 0.4) is 0 Å². The summed E-state index contributed by atoms with van der Waals surface area (Å²) >= 11 is 0. The number of fused-ring (bicyclic) bond motifs is 1. The van der Waals surface area contributed by atoms with E-state index < -0.39 is 94.0 Å². The Bertz CT molecular complexity index is 1290. The van der Waals surface area contributed by atoms with Crippen LogP contribution < -0.4 is 4.74 Å². The Morgan fingerprint density at radius 2 is 1.61 bits per heavy atom. The van der Waals surface area contributed by atoms with Crippen LogP contribution in [0.1, 0.15) is 33.3 Å². The molecule has 11 nitrogen and oxygen atoms in total. The number of hydrogen-bond donors (Lipinski definition) is 3. The highest BCUT2D eigenvalue weighted by atomic mass is 16.8. The van der Waals surface area contributed by atoms with Gasteiger partial charge in [0, 0.05) is 5.92 Å². The summed E-state index contributed by atoms with van der Waals surface area (Å²) in [6.07, 6.45) is -9.00. The van der Waals surface area contributed by atoms with Crippen LogP contribution >= 0.6 is 0 Å². The molecule has 4 aliphatic heterocycles. The Kier molecular flexibility index (Phi) is 4.29. The number of rotatable bonds is 2. The van der Waals surface area contributed by atoms with Crippen LogP contribution in [0.4, 0.5) is 0 Å². The van der Waals surface area contributed by atoms with Crippen molar-refractivity contribution < 1.29 is 53.4 Å². The Labute approximate surface area is 217 Å². The van der Waals surface area contributed by atoms with E-state index >= 15 is 0 Å². The molecule has 0 bridgehead atoms. The van der Waals surface area contributed by atoms with Crippen LogP contribution in [-0.2, 0) is 33.3 Å². The molecule has 6 fully saturated rings. The minimum absolute atomic E-state index is 0.444. The van der Waals surface area contributed by atoms with Crippen molar-refractivity contribution in [2.24, 2.45) is 28.1 Å². The first kappa shape index (κ1) is 24.3. The van der Waals surface area contributed by atoms with E-state index in [1.165, 1.54) is 6.92 Å². The highest BCUT2D eigenvalue weighted by molar-refractivity contribution is 5.94. The van der Waals surface area contributed by atoms with Crippen molar-refractivity contribution >= 4 is 17.9 Å². The summed E-state index contributed by atoms with van der Waals surface area (Å²) in [5, 5.41) is 36.0. The van der Waals surface area contributed by atoms with Gasteiger partial charge in [-0.25, -0.2) is 9.59 Å². The molecule has 0 radical (unpaired) electrons. The van der Waals surface area contributed by atoms with Crippen LogP contribution in [0, 0.1) is 35.0 Å². The molecule has 2 spiro atoms. The van der Waals surface area contributed by atoms with Gasteiger partial charge in [0.15, 0.2) is 23.9 Å². The lowest BCUT2D eigenvalue weighted by molar-refractivity contribution is -0.240. The third-order valence-electron chi connectivity index (χ3n) is 10.2. The second-order valence-electron chi connectivity index (χ2n) is 12.7. The summed E-state index contributed by atoms with van der Waals surface area (Å²) in [5.74, 6) is -4.48. The van der Waals surface area contributed by atoms with Crippen LogP contribution in [0.15, 0.2) is 24.3 Å². The minimum atomic E-state index is -2.37. The summed E-state index contributed by atoms with van der Waals surface area (Å²) in [6.45, 7) is 8.94. The Morgan fingerprint density at radius 3 is 2.24 bits per heavy atom. The third kappa shape index (κ3) is 2.07. The van der Waals surface area contributed by atoms with Gasteiger partial charge in [0.1, 0.15) is 18.0 Å². The second-order valence-corrected chi connectivity index (χ2v) is 12.7. The second kappa shape index (κ2) is 6.70. The van der Waals surface area contributed by atoms with Crippen molar-refractivity contribution in [1.29, 1.82) is 0 Å². The quantitative estimate of drug-likeness (QED) is 0.349. The molecular formula is C27H30O11. The molecule has 38 heavy (non-hydrogen) atoms. The minimum Gasteiger partial charge on any atom is -0.486 e. The summed E-state index contributed by atoms with van der Waals surface area (Å²) in [6, 6.07) is 7.20. The van der Waals surface area contributed by atoms with Gasteiger partial charge in [-0.3, -0.25) is 4.79 Å². The molecule has 2 saturated carbocycles. The van der Waals surface area contributed by atoms with E-state index in [1.807, 2.05) is 39.8 Å². The predicted octanol–water partition coefficient (Wildman–Crippen LogP) is -0.00358. The van der Waals surface area contributed by atoms with Crippen molar-refractivity contribution in [3.05, 3.63) is 29.8 Å². The van der Waals surface area contributed by atoms with E-state index in [2.05, 4.69) is 0 Å². The van der Waals surface area contributed by atoms with E-state index in [0.29, 0.717) is 5.75 Å². The number of aryl methyl sites for hydroxylation is 1. The number of benzene rings is 1. The van der Waals surface area contributed by atoms with Gasteiger partial charge < -0.3 is 39.0 Å². The zero-order valence-electron chi connectivity index (χ0n) is 21.5. The molecule has 0 aromatic heterocycles. The SMILES string of the molecule is Cc1ccc(O[C@H]2[C@H]3OC(=O)[C@]45O[C@@H]6OC(=O)[C@H](O)C6([C@@H]2C(C)(C)C)C34[C@@H](O)C2OC(=O)[C@@H](C)[C@@]25O)cc1.